The lowest BCUT2D eigenvalue weighted by Gasteiger charge is -2.26. The molecule has 3 atom stereocenters. The molecular formula is C22H25NO4. The highest BCUT2D eigenvalue weighted by atomic mass is 16.4. The average molecular weight is 367 g/mol. The summed E-state index contributed by atoms with van der Waals surface area (Å²) in [6, 6.07) is 20.2. The van der Waals surface area contributed by atoms with Crippen LogP contribution in [0.15, 0.2) is 60.7 Å². The standard InChI is InChI=1S/C22H25NO4/c23-22(21(26)27,19-14-18(19)20(24)25)13-7-12-17(15-8-3-1-4-9-15)16-10-5-2-6-11-16/h1-6,8-11,17-19H,7,12-14,23H2,(H,24,25)(H,26,27)/t18-,19?,22+/m0/s1. The van der Waals surface area contributed by atoms with Crippen molar-refractivity contribution in [2.75, 3.05) is 0 Å². The Bertz CT molecular complexity index is 753. The Hall–Kier alpha value is -2.66. The zero-order valence-electron chi connectivity index (χ0n) is 15.1. The van der Waals surface area contributed by atoms with Gasteiger partial charge in [0.05, 0.1) is 5.92 Å². The molecule has 0 radical (unpaired) electrons. The second kappa shape index (κ2) is 7.92. The van der Waals surface area contributed by atoms with Crippen molar-refractivity contribution >= 4 is 11.9 Å². The third kappa shape index (κ3) is 4.19. The van der Waals surface area contributed by atoms with E-state index in [9.17, 15) is 14.7 Å². The number of hydrogen-bond acceptors (Lipinski definition) is 3. The fourth-order valence-electron chi connectivity index (χ4n) is 3.98. The fourth-order valence-corrected chi connectivity index (χ4v) is 3.98. The molecule has 4 N–H and O–H groups in total. The summed E-state index contributed by atoms with van der Waals surface area (Å²) in [7, 11) is 0. The predicted octanol–water partition coefficient (Wildman–Crippen LogP) is 3.49. The summed E-state index contributed by atoms with van der Waals surface area (Å²) in [5, 5.41) is 18.8. The molecule has 0 saturated heterocycles. The van der Waals surface area contributed by atoms with E-state index in [2.05, 4.69) is 24.3 Å². The number of aliphatic carboxylic acids is 2. The maximum atomic E-state index is 11.8. The summed E-state index contributed by atoms with van der Waals surface area (Å²) in [5.74, 6) is -3.03. The third-order valence-electron chi connectivity index (χ3n) is 5.65. The van der Waals surface area contributed by atoms with Gasteiger partial charge >= 0.3 is 11.9 Å². The molecule has 5 heteroatoms. The monoisotopic (exact) mass is 367 g/mol. The SMILES string of the molecule is N[C@@](CCCC(c1ccccc1)c1ccccc1)(C(=O)O)C1C[C@@H]1C(=O)O. The molecule has 1 unspecified atom stereocenters. The molecule has 3 rings (SSSR count). The number of benzene rings is 2. The van der Waals surface area contributed by atoms with Crippen LogP contribution in [0.25, 0.3) is 0 Å². The van der Waals surface area contributed by atoms with Gasteiger partial charge in [-0.1, -0.05) is 67.1 Å². The highest BCUT2D eigenvalue weighted by Gasteiger charge is 2.57. The van der Waals surface area contributed by atoms with Gasteiger partial charge in [0.15, 0.2) is 0 Å². The Kier molecular flexibility index (Phi) is 5.61. The van der Waals surface area contributed by atoms with E-state index in [0.29, 0.717) is 12.8 Å². The molecule has 1 aliphatic rings. The van der Waals surface area contributed by atoms with Crippen LogP contribution in [-0.2, 0) is 9.59 Å². The summed E-state index contributed by atoms with van der Waals surface area (Å²) in [4.78, 5) is 22.9. The van der Waals surface area contributed by atoms with Crippen LogP contribution in [0.5, 0.6) is 0 Å². The molecule has 0 aliphatic heterocycles. The second-order valence-electron chi connectivity index (χ2n) is 7.40. The first kappa shape index (κ1) is 19.1. The van der Waals surface area contributed by atoms with Crippen LogP contribution >= 0.6 is 0 Å². The third-order valence-corrected chi connectivity index (χ3v) is 5.65. The van der Waals surface area contributed by atoms with Gasteiger partial charge in [0.2, 0.25) is 0 Å². The van der Waals surface area contributed by atoms with E-state index in [1.54, 1.807) is 0 Å². The number of carbonyl (C=O) groups is 2. The Morgan fingerprint density at radius 3 is 1.93 bits per heavy atom. The Balaban J connectivity index is 1.72. The van der Waals surface area contributed by atoms with Crippen molar-refractivity contribution in [3.8, 4) is 0 Å². The van der Waals surface area contributed by atoms with Crippen LogP contribution in [0.2, 0.25) is 0 Å². The van der Waals surface area contributed by atoms with Crippen molar-refractivity contribution in [1.82, 2.24) is 0 Å². The van der Waals surface area contributed by atoms with Crippen LogP contribution in [0, 0.1) is 11.8 Å². The number of rotatable bonds is 9. The molecule has 0 bridgehead atoms. The van der Waals surface area contributed by atoms with Gasteiger partial charge in [0, 0.05) is 11.8 Å². The summed E-state index contributed by atoms with van der Waals surface area (Å²) >= 11 is 0. The van der Waals surface area contributed by atoms with E-state index < -0.39 is 29.3 Å². The molecule has 2 aromatic rings. The Morgan fingerprint density at radius 2 is 1.52 bits per heavy atom. The first-order chi connectivity index (χ1) is 12.9. The lowest BCUT2D eigenvalue weighted by molar-refractivity contribution is -0.145. The highest BCUT2D eigenvalue weighted by molar-refractivity contribution is 5.83. The molecule has 0 heterocycles. The summed E-state index contributed by atoms with van der Waals surface area (Å²) in [5.41, 5.74) is 7.06. The molecule has 0 amide bonds. The molecule has 0 spiro atoms. The van der Waals surface area contributed by atoms with E-state index >= 15 is 0 Å². The van der Waals surface area contributed by atoms with E-state index in [1.807, 2.05) is 36.4 Å². The van der Waals surface area contributed by atoms with Crippen molar-refractivity contribution in [3.63, 3.8) is 0 Å². The molecular weight excluding hydrogens is 342 g/mol. The first-order valence-electron chi connectivity index (χ1n) is 9.28. The number of hydrogen-bond donors (Lipinski definition) is 3. The number of nitrogens with two attached hydrogens (primary N) is 1. The molecule has 1 saturated carbocycles. The number of carboxylic acid groups (broad SMARTS) is 2. The Labute approximate surface area is 158 Å². The van der Waals surface area contributed by atoms with E-state index in [0.717, 1.165) is 6.42 Å². The number of carboxylic acids is 2. The minimum absolute atomic E-state index is 0.153. The zero-order chi connectivity index (χ0) is 19.4. The topological polar surface area (TPSA) is 101 Å². The predicted molar refractivity (Wildman–Crippen MR) is 102 cm³/mol. The fraction of sp³-hybridized carbons (Fsp3) is 0.364. The summed E-state index contributed by atoms with van der Waals surface area (Å²) in [6.07, 6.45) is 1.98. The lowest BCUT2D eigenvalue weighted by atomic mass is 9.82. The largest absolute Gasteiger partial charge is 0.481 e. The highest BCUT2D eigenvalue weighted by Crippen LogP contribution is 2.48. The summed E-state index contributed by atoms with van der Waals surface area (Å²) < 4.78 is 0. The molecule has 1 aliphatic carbocycles. The van der Waals surface area contributed by atoms with Crippen LogP contribution in [0.1, 0.15) is 42.7 Å². The lowest BCUT2D eigenvalue weighted by Crippen LogP contribution is -2.51. The van der Waals surface area contributed by atoms with Gasteiger partial charge < -0.3 is 15.9 Å². The van der Waals surface area contributed by atoms with Crippen molar-refractivity contribution < 1.29 is 19.8 Å². The van der Waals surface area contributed by atoms with Crippen molar-refractivity contribution in [2.24, 2.45) is 17.6 Å². The van der Waals surface area contributed by atoms with Gasteiger partial charge in [-0.05, 0) is 30.4 Å². The maximum absolute atomic E-state index is 11.8. The van der Waals surface area contributed by atoms with Gasteiger partial charge in [-0.2, -0.15) is 0 Å². The van der Waals surface area contributed by atoms with Gasteiger partial charge in [-0.25, -0.2) is 0 Å². The minimum Gasteiger partial charge on any atom is -0.481 e. The van der Waals surface area contributed by atoms with Crippen molar-refractivity contribution in [1.29, 1.82) is 0 Å². The molecule has 1 fully saturated rings. The van der Waals surface area contributed by atoms with E-state index in [1.165, 1.54) is 11.1 Å². The van der Waals surface area contributed by atoms with E-state index in [4.69, 9.17) is 10.8 Å². The van der Waals surface area contributed by atoms with Crippen LogP contribution < -0.4 is 5.73 Å². The van der Waals surface area contributed by atoms with Crippen molar-refractivity contribution in [2.45, 2.75) is 37.1 Å². The van der Waals surface area contributed by atoms with Gasteiger partial charge in [0.1, 0.15) is 5.54 Å². The molecule has 142 valence electrons. The zero-order valence-corrected chi connectivity index (χ0v) is 15.1. The van der Waals surface area contributed by atoms with Gasteiger partial charge in [0.25, 0.3) is 0 Å². The molecule has 5 nitrogen and oxygen atoms in total. The van der Waals surface area contributed by atoms with Crippen LogP contribution in [0.4, 0.5) is 0 Å². The maximum Gasteiger partial charge on any atom is 0.323 e. The van der Waals surface area contributed by atoms with Gasteiger partial charge in [-0.3, -0.25) is 9.59 Å². The first-order valence-corrected chi connectivity index (χ1v) is 9.28. The Morgan fingerprint density at radius 1 is 1.00 bits per heavy atom. The second-order valence-corrected chi connectivity index (χ2v) is 7.40. The van der Waals surface area contributed by atoms with Gasteiger partial charge in [-0.15, -0.1) is 0 Å². The van der Waals surface area contributed by atoms with Crippen molar-refractivity contribution in [3.05, 3.63) is 71.8 Å². The van der Waals surface area contributed by atoms with Crippen LogP contribution in [0.3, 0.4) is 0 Å². The smallest absolute Gasteiger partial charge is 0.323 e. The van der Waals surface area contributed by atoms with E-state index in [-0.39, 0.29) is 12.3 Å². The quantitative estimate of drug-likeness (QED) is 0.630. The molecule has 2 aromatic carbocycles. The van der Waals surface area contributed by atoms with Crippen LogP contribution in [-0.4, -0.2) is 27.7 Å². The normalized spacial score (nSPS) is 20.8. The average Bonchev–Trinajstić information content (AvgIpc) is 3.48. The molecule has 27 heavy (non-hydrogen) atoms. The molecule has 0 aromatic heterocycles. The minimum atomic E-state index is -1.47. The summed E-state index contributed by atoms with van der Waals surface area (Å²) in [6.45, 7) is 0.